The number of hydrogen-bond acceptors (Lipinski definition) is 7. The van der Waals surface area contributed by atoms with Crippen molar-refractivity contribution in [2.24, 2.45) is 0 Å². The second-order valence-corrected chi connectivity index (χ2v) is 8.24. The van der Waals surface area contributed by atoms with Crippen LogP contribution in [0.4, 0.5) is 5.69 Å². The number of rotatable bonds is 9. The van der Waals surface area contributed by atoms with E-state index >= 15 is 0 Å². The molecule has 0 fully saturated rings. The van der Waals surface area contributed by atoms with E-state index in [-0.39, 0.29) is 15.4 Å². The van der Waals surface area contributed by atoms with Crippen LogP contribution in [0.25, 0.3) is 0 Å². The molecule has 2 aromatic rings. The van der Waals surface area contributed by atoms with Gasteiger partial charge in [-0.25, -0.2) is 13.2 Å². The number of esters is 1. The molecular formula is C21H28N2O5S. The smallest absolute Gasteiger partial charge is 0.339 e. The van der Waals surface area contributed by atoms with Gasteiger partial charge in [-0.05, 0) is 49.5 Å². The van der Waals surface area contributed by atoms with Gasteiger partial charge in [0.15, 0.2) is 0 Å². The van der Waals surface area contributed by atoms with Gasteiger partial charge in [0, 0.05) is 24.8 Å². The van der Waals surface area contributed by atoms with Crippen LogP contribution in [0.1, 0.15) is 29.8 Å². The number of ether oxygens (including phenoxy) is 2. The van der Waals surface area contributed by atoms with Gasteiger partial charge in [0.25, 0.3) is 0 Å². The molecule has 0 aliphatic rings. The first-order valence-corrected chi connectivity index (χ1v) is 10.9. The number of nitrogens with one attached hydrogen (secondary N) is 1. The average molecular weight is 421 g/mol. The third-order valence-corrected chi connectivity index (χ3v) is 6.75. The van der Waals surface area contributed by atoms with Crippen LogP contribution in [0.2, 0.25) is 0 Å². The summed E-state index contributed by atoms with van der Waals surface area (Å²) in [5.41, 5.74) is 1.20. The Hall–Kier alpha value is -2.58. The maximum Gasteiger partial charge on any atom is 0.339 e. The summed E-state index contributed by atoms with van der Waals surface area (Å²) in [6.07, 6.45) is 0. The zero-order valence-corrected chi connectivity index (χ0v) is 18.3. The van der Waals surface area contributed by atoms with E-state index in [1.54, 1.807) is 25.2 Å². The lowest BCUT2D eigenvalue weighted by atomic mass is 10.1. The fourth-order valence-corrected chi connectivity index (χ4v) is 4.81. The second kappa shape index (κ2) is 9.76. The molecule has 0 heterocycles. The Bertz CT molecular complexity index is 952. The summed E-state index contributed by atoms with van der Waals surface area (Å²) in [6.45, 7) is 5.86. The Balaban J connectivity index is 2.80. The van der Waals surface area contributed by atoms with Gasteiger partial charge in [-0.15, -0.1) is 0 Å². The molecule has 2 rings (SSSR count). The third kappa shape index (κ3) is 4.71. The van der Waals surface area contributed by atoms with Crippen LogP contribution in [-0.4, -0.2) is 53.6 Å². The maximum absolute atomic E-state index is 13.6. The van der Waals surface area contributed by atoms with Gasteiger partial charge in [0.1, 0.15) is 5.75 Å². The van der Waals surface area contributed by atoms with Crippen molar-refractivity contribution in [3.05, 3.63) is 47.5 Å². The lowest BCUT2D eigenvalue weighted by Crippen LogP contribution is -2.25. The first-order valence-electron chi connectivity index (χ1n) is 9.37. The number of carbonyl (C=O) groups is 1. The Morgan fingerprint density at radius 2 is 1.66 bits per heavy atom. The minimum Gasteiger partial charge on any atom is -0.497 e. The molecule has 7 nitrogen and oxygen atoms in total. The molecule has 0 aliphatic heterocycles. The molecule has 0 spiro atoms. The summed E-state index contributed by atoms with van der Waals surface area (Å²) >= 11 is 0. The predicted octanol–water partition coefficient (Wildman–Crippen LogP) is 3.20. The maximum atomic E-state index is 13.6. The van der Waals surface area contributed by atoms with Crippen LogP contribution in [0.5, 0.6) is 5.75 Å². The molecule has 0 atom stereocenters. The van der Waals surface area contributed by atoms with E-state index in [0.29, 0.717) is 23.5 Å². The Morgan fingerprint density at radius 1 is 1.03 bits per heavy atom. The van der Waals surface area contributed by atoms with Gasteiger partial charge < -0.3 is 14.8 Å². The minimum atomic E-state index is -4.00. The molecule has 2 aromatic carbocycles. The monoisotopic (exact) mass is 420 g/mol. The summed E-state index contributed by atoms with van der Waals surface area (Å²) in [7, 11) is 0.476. The van der Waals surface area contributed by atoms with E-state index in [2.05, 4.69) is 10.2 Å². The van der Waals surface area contributed by atoms with E-state index in [1.165, 1.54) is 32.4 Å². The average Bonchev–Trinajstić information content (AvgIpc) is 2.76. The van der Waals surface area contributed by atoms with Crippen molar-refractivity contribution < 1.29 is 22.7 Å². The molecule has 0 saturated heterocycles. The second-order valence-electron chi connectivity index (χ2n) is 6.35. The number of benzene rings is 2. The molecule has 29 heavy (non-hydrogen) atoms. The molecule has 0 amide bonds. The largest absolute Gasteiger partial charge is 0.497 e. The number of sulfone groups is 1. The van der Waals surface area contributed by atoms with Crippen LogP contribution >= 0.6 is 0 Å². The summed E-state index contributed by atoms with van der Waals surface area (Å²) in [6, 6.07) is 9.30. The molecule has 0 unspecified atom stereocenters. The molecule has 0 radical (unpaired) electrons. The van der Waals surface area contributed by atoms with Crippen molar-refractivity contribution in [2.75, 3.05) is 39.7 Å². The topological polar surface area (TPSA) is 84.9 Å². The number of carbonyl (C=O) groups excluding carboxylic acids is 1. The highest BCUT2D eigenvalue weighted by Crippen LogP contribution is 2.34. The standard InChI is InChI=1S/C21H28N2O5S/c1-6-23(7-2)14-18-19(22-3)13-12-17(21(24)28-5)20(18)29(25,26)16-10-8-15(27-4)9-11-16/h8-13,22H,6-7,14H2,1-5H3. The lowest BCUT2D eigenvalue weighted by Gasteiger charge is -2.24. The van der Waals surface area contributed by atoms with Crippen LogP contribution in [-0.2, 0) is 21.1 Å². The summed E-state index contributed by atoms with van der Waals surface area (Å²) < 4.78 is 37.3. The number of anilines is 1. The number of nitrogens with zero attached hydrogens (tertiary/aromatic N) is 1. The predicted molar refractivity (Wildman–Crippen MR) is 112 cm³/mol. The minimum absolute atomic E-state index is 0.0180. The molecule has 0 bridgehead atoms. The highest BCUT2D eigenvalue weighted by atomic mass is 32.2. The van der Waals surface area contributed by atoms with E-state index in [0.717, 1.165) is 13.1 Å². The summed E-state index contributed by atoms with van der Waals surface area (Å²) in [5.74, 6) is -0.148. The SMILES string of the molecule is CCN(CC)Cc1c(NC)ccc(C(=O)OC)c1S(=O)(=O)c1ccc(OC)cc1. The normalized spacial score (nSPS) is 11.4. The van der Waals surface area contributed by atoms with Crippen molar-refractivity contribution >= 4 is 21.5 Å². The quantitative estimate of drug-likeness (QED) is 0.624. The Morgan fingerprint density at radius 3 is 2.14 bits per heavy atom. The van der Waals surface area contributed by atoms with Gasteiger partial charge >= 0.3 is 5.97 Å². The van der Waals surface area contributed by atoms with Gasteiger partial charge in [-0.1, -0.05) is 13.8 Å². The van der Waals surface area contributed by atoms with Crippen LogP contribution in [0.3, 0.4) is 0 Å². The fraction of sp³-hybridized carbons (Fsp3) is 0.381. The number of hydrogen-bond donors (Lipinski definition) is 1. The fourth-order valence-electron chi connectivity index (χ4n) is 3.14. The molecule has 158 valence electrons. The molecule has 8 heteroatoms. The Kier molecular flexibility index (Phi) is 7.64. The van der Waals surface area contributed by atoms with Crippen LogP contribution in [0.15, 0.2) is 46.2 Å². The molecule has 1 N–H and O–H groups in total. The van der Waals surface area contributed by atoms with Crippen molar-refractivity contribution in [3.8, 4) is 5.75 Å². The number of methoxy groups -OCH3 is 2. The van der Waals surface area contributed by atoms with Crippen molar-refractivity contribution in [2.45, 2.75) is 30.2 Å². The lowest BCUT2D eigenvalue weighted by molar-refractivity contribution is 0.0596. The van der Waals surface area contributed by atoms with Crippen molar-refractivity contribution in [1.29, 1.82) is 0 Å². The molecule has 0 aliphatic carbocycles. The van der Waals surface area contributed by atoms with Gasteiger partial charge in [-0.2, -0.15) is 0 Å². The van der Waals surface area contributed by atoms with Gasteiger partial charge in [0.05, 0.1) is 29.6 Å². The summed E-state index contributed by atoms with van der Waals surface area (Å²) in [4.78, 5) is 14.6. The summed E-state index contributed by atoms with van der Waals surface area (Å²) in [5, 5.41) is 3.05. The molecule has 0 aromatic heterocycles. The highest BCUT2D eigenvalue weighted by molar-refractivity contribution is 7.91. The molecule has 0 saturated carbocycles. The van der Waals surface area contributed by atoms with Crippen LogP contribution in [0, 0.1) is 0 Å². The van der Waals surface area contributed by atoms with Gasteiger partial charge in [-0.3, -0.25) is 4.90 Å². The van der Waals surface area contributed by atoms with Gasteiger partial charge in [0.2, 0.25) is 9.84 Å². The van der Waals surface area contributed by atoms with Crippen molar-refractivity contribution in [3.63, 3.8) is 0 Å². The van der Waals surface area contributed by atoms with E-state index in [1.807, 2.05) is 13.8 Å². The first-order chi connectivity index (χ1) is 13.8. The zero-order valence-electron chi connectivity index (χ0n) is 17.5. The van der Waals surface area contributed by atoms with E-state index in [9.17, 15) is 13.2 Å². The molecular weight excluding hydrogens is 392 g/mol. The van der Waals surface area contributed by atoms with E-state index in [4.69, 9.17) is 9.47 Å². The van der Waals surface area contributed by atoms with Crippen LogP contribution < -0.4 is 10.1 Å². The first kappa shape index (κ1) is 22.7. The third-order valence-electron chi connectivity index (χ3n) is 4.85. The Labute approximate surface area is 172 Å². The van der Waals surface area contributed by atoms with E-state index < -0.39 is 15.8 Å². The zero-order chi connectivity index (χ0) is 21.6. The van der Waals surface area contributed by atoms with Crippen molar-refractivity contribution in [1.82, 2.24) is 4.90 Å². The highest BCUT2D eigenvalue weighted by Gasteiger charge is 2.30.